The second-order valence-corrected chi connectivity index (χ2v) is 6.60. The first-order chi connectivity index (χ1) is 10.5. The van der Waals surface area contributed by atoms with E-state index in [0.717, 1.165) is 0 Å². The Labute approximate surface area is 130 Å². The number of nitrogens with one attached hydrogen (secondary N) is 1. The van der Waals surface area contributed by atoms with Gasteiger partial charge in [0.15, 0.2) is 0 Å². The Bertz CT molecular complexity index is 417. The van der Waals surface area contributed by atoms with E-state index in [1.807, 2.05) is 0 Å². The van der Waals surface area contributed by atoms with Crippen molar-refractivity contribution in [3.8, 4) is 0 Å². The summed E-state index contributed by atoms with van der Waals surface area (Å²) in [4.78, 5) is 25.7. The standard InChI is InChI=1S/C12H24N3O6P/c1-3-20-22(18,21-4-2)11(14-10(16)9-13)12(17)15-5-7-19-8-6-15/h11H,3-9,13H2,1-2H3,(H,14,16). The Balaban J connectivity index is 3.00. The van der Waals surface area contributed by atoms with Crippen LogP contribution in [-0.4, -0.2) is 68.6 Å². The number of amides is 2. The van der Waals surface area contributed by atoms with E-state index in [1.165, 1.54) is 4.90 Å². The molecule has 1 rings (SSSR count). The molecule has 1 aliphatic heterocycles. The normalized spacial score (nSPS) is 17.1. The molecule has 2 amide bonds. The van der Waals surface area contributed by atoms with E-state index in [-0.39, 0.29) is 19.8 Å². The van der Waals surface area contributed by atoms with Crippen LogP contribution >= 0.6 is 7.60 Å². The third kappa shape index (κ3) is 5.03. The zero-order chi connectivity index (χ0) is 16.6. The fourth-order valence-corrected chi connectivity index (χ4v) is 3.82. The van der Waals surface area contributed by atoms with Gasteiger partial charge in [-0.05, 0) is 13.8 Å². The van der Waals surface area contributed by atoms with E-state index in [2.05, 4.69) is 5.32 Å². The molecule has 1 fully saturated rings. The zero-order valence-electron chi connectivity index (χ0n) is 12.9. The average Bonchev–Trinajstić information content (AvgIpc) is 2.53. The van der Waals surface area contributed by atoms with E-state index in [9.17, 15) is 14.2 Å². The number of nitrogens with zero attached hydrogens (tertiary/aromatic N) is 1. The van der Waals surface area contributed by atoms with E-state index >= 15 is 0 Å². The lowest BCUT2D eigenvalue weighted by molar-refractivity contribution is -0.138. The van der Waals surface area contributed by atoms with E-state index in [4.69, 9.17) is 19.5 Å². The summed E-state index contributed by atoms with van der Waals surface area (Å²) in [6.45, 7) is 4.59. The molecule has 0 saturated carbocycles. The lowest BCUT2D eigenvalue weighted by Crippen LogP contribution is -2.52. The smallest absolute Gasteiger partial charge is 0.362 e. The molecule has 128 valence electrons. The SMILES string of the molecule is CCOP(=O)(OCC)C(NC(=O)CN)C(=O)N1CCOCC1. The van der Waals surface area contributed by atoms with Gasteiger partial charge in [0, 0.05) is 13.1 Å². The van der Waals surface area contributed by atoms with Gasteiger partial charge in [-0.2, -0.15) is 0 Å². The van der Waals surface area contributed by atoms with Crippen molar-refractivity contribution in [1.29, 1.82) is 0 Å². The van der Waals surface area contributed by atoms with Crippen molar-refractivity contribution in [3.63, 3.8) is 0 Å². The van der Waals surface area contributed by atoms with Crippen molar-refractivity contribution in [2.24, 2.45) is 5.73 Å². The van der Waals surface area contributed by atoms with Crippen LogP contribution in [0.4, 0.5) is 0 Å². The molecule has 10 heteroatoms. The van der Waals surface area contributed by atoms with Crippen molar-refractivity contribution >= 4 is 19.4 Å². The summed E-state index contributed by atoms with van der Waals surface area (Å²) < 4.78 is 28.4. The van der Waals surface area contributed by atoms with Crippen molar-refractivity contribution in [1.82, 2.24) is 10.2 Å². The fraction of sp³-hybridized carbons (Fsp3) is 0.833. The van der Waals surface area contributed by atoms with Crippen molar-refractivity contribution < 1.29 is 27.9 Å². The fourth-order valence-electron chi connectivity index (χ4n) is 1.99. The number of ether oxygens (including phenoxy) is 1. The predicted molar refractivity (Wildman–Crippen MR) is 79.2 cm³/mol. The van der Waals surface area contributed by atoms with Gasteiger partial charge >= 0.3 is 7.60 Å². The summed E-state index contributed by atoms with van der Waals surface area (Å²) in [7, 11) is -3.84. The third-order valence-corrected chi connectivity index (χ3v) is 5.19. The number of carbonyl (C=O) groups excluding carboxylic acids is 2. The average molecular weight is 337 g/mol. The van der Waals surface area contributed by atoms with Gasteiger partial charge in [-0.1, -0.05) is 0 Å². The van der Waals surface area contributed by atoms with Crippen LogP contribution in [0.3, 0.4) is 0 Å². The lowest BCUT2D eigenvalue weighted by Gasteiger charge is -2.33. The number of carbonyl (C=O) groups is 2. The maximum atomic E-state index is 12.9. The lowest BCUT2D eigenvalue weighted by atomic mass is 10.4. The van der Waals surface area contributed by atoms with Crippen LogP contribution in [-0.2, 0) is 27.9 Å². The summed E-state index contributed by atoms with van der Waals surface area (Å²) >= 11 is 0. The molecule has 1 atom stereocenters. The summed E-state index contributed by atoms with van der Waals surface area (Å²) in [6.07, 6.45) is 0. The van der Waals surface area contributed by atoms with Crippen molar-refractivity contribution in [2.75, 3.05) is 46.1 Å². The summed E-state index contributed by atoms with van der Waals surface area (Å²) in [6, 6.07) is 0. The van der Waals surface area contributed by atoms with Gasteiger partial charge in [-0.15, -0.1) is 0 Å². The van der Waals surface area contributed by atoms with Gasteiger partial charge in [0.25, 0.3) is 5.91 Å². The van der Waals surface area contributed by atoms with Gasteiger partial charge in [-0.25, -0.2) is 0 Å². The predicted octanol–water partition coefficient (Wildman–Crippen LogP) is -0.488. The molecular weight excluding hydrogens is 313 g/mol. The Morgan fingerprint density at radius 3 is 2.27 bits per heavy atom. The quantitative estimate of drug-likeness (QED) is 0.574. The first-order valence-corrected chi connectivity index (χ1v) is 8.84. The maximum Gasteiger partial charge on any atom is 0.362 e. The van der Waals surface area contributed by atoms with Crippen molar-refractivity contribution in [2.45, 2.75) is 19.6 Å². The molecule has 0 aromatic heterocycles. The van der Waals surface area contributed by atoms with Crippen LogP contribution in [0.5, 0.6) is 0 Å². The molecule has 0 aromatic carbocycles. The van der Waals surface area contributed by atoms with Gasteiger partial charge in [0.05, 0.1) is 33.0 Å². The van der Waals surface area contributed by atoms with E-state index < -0.39 is 25.2 Å². The topological polar surface area (TPSA) is 120 Å². The van der Waals surface area contributed by atoms with Gasteiger partial charge in [0.1, 0.15) is 0 Å². The molecule has 0 aliphatic carbocycles. The molecule has 1 heterocycles. The minimum atomic E-state index is -3.84. The minimum Gasteiger partial charge on any atom is -0.378 e. The van der Waals surface area contributed by atoms with Crippen LogP contribution in [0, 0.1) is 0 Å². The van der Waals surface area contributed by atoms with E-state index in [0.29, 0.717) is 26.3 Å². The van der Waals surface area contributed by atoms with Crippen LogP contribution in [0.1, 0.15) is 13.8 Å². The molecule has 1 aliphatic rings. The summed E-state index contributed by atoms with van der Waals surface area (Å²) in [5.41, 5.74) is 5.26. The van der Waals surface area contributed by atoms with Crippen LogP contribution < -0.4 is 11.1 Å². The Hall–Kier alpha value is -0.990. The van der Waals surface area contributed by atoms with Gasteiger partial charge < -0.3 is 29.7 Å². The molecule has 0 spiro atoms. The molecule has 0 bridgehead atoms. The minimum absolute atomic E-state index is 0.0860. The monoisotopic (exact) mass is 337 g/mol. The largest absolute Gasteiger partial charge is 0.378 e. The molecular formula is C12H24N3O6P. The number of hydrogen-bond acceptors (Lipinski definition) is 7. The summed E-state index contributed by atoms with van der Waals surface area (Å²) in [5.74, 6) is -2.52. The number of hydrogen-bond donors (Lipinski definition) is 2. The zero-order valence-corrected chi connectivity index (χ0v) is 13.8. The molecule has 1 unspecified atom stereocenters. The summed E-state index contributed by atoms with van der Waals surface area (Å²) in [5, 5.41) is 2.36. The molecule has 9 nitrogen and oxygen atoms in total. The van der Waals surface area contributed by atoms with Gasteiger partial charge in [0.2, 0.25) is 11.7 Å². The maximum absolute atomic E-state index is 12.9. The highest BCUT2D eigenvalue weighted by atomic mass is 31.2. The number of rotatable bonds is 8. The van der Waals surface area contributed by atoms with Crippen LogP contribution in [0.25, 0.3) is 0 Å². The Morgan fingerprint density at radius 1 is 1.27 bits per heavy atom. The molecule has 0 aromatic rings. The second kappa shape index (κ2) is 9.22. The highest BCUT2D eigenvalue weighted by Gasteiger charge is 2.44. The first-order valence-electron chi connectivity index (χ1n) is 7.23. The van der Waals surface area contributed by atoms with Crippen LogP contribution in [0.2, 0.25) is 0 Å². The highest BCUT2D eigenvalue weighted by Crippen LogP contribution is 2.52. The van der Waals surface area contributed by atoms with Crippen LogP contribution in [0.15, 0.2) is 0 Å². The molecule has 3 N–H and O–H groups in total. The van der Waals surface area contributed by atoms with E-state index in [1.54, 1.807) is 13.8 Å². The Kier molecular flexibility index (Phi) is 7.98. The number of nitrogens with two attached hydrogens (primary N) is 1. The molecule has 22 heavy (non-hydrogen) atoms. The molecule has 0 radical (unpaired) electrons. The Morgan fingerprint density at radius 2 is 1.82 bits per heavy atom. The first kappa shape index (κ1) is 19.1. The third-order valence-electron chi connectivity index (χ3n) is 2.97. The second-order valence-electron chi connectivity index (χ2n) is 4.49. The van der Waals surface area contributed by atoms with Crippen molar-refractivity contribution in [3.05, 3.63) is 0 Å². The molecule has 1 saturated heterocycles. The van der Waals surface area contributed by atoms with Gasteiger partial charge in [-0.3, -0.25) is 14.2 Å². The highest BCUT2D eigenvalue weighted by molar-refractivity contribution is 7.55. The number of morpholine rings is 1.